The van der Waals surface area contributed by atoms with E-state index in [4.69, 9.17) is 5.73 Å². The second-order valence-electron chi connectivity index (χ2n) is 3.00. The standard InChI is InChI=1S/C10H16N2/c1-9-5-3-4-6-10(9)12(2)8-7-11/h3-6H,7-8,11H2,1-2H3. The second-order valence-corrected chi connectivity index (χ2v) is 3.00. The van der Waals surface area contributed by atoms with Crippen LogP contribution in [0.25, 0.3) is 0 Å². The SMILES string of the molecule is Cc1ccccc1N(C)CCN. The average Bonchev–Trinajstić information content (AvgIpc) is 2.05. The summed E-state index contributed by atoms with van der Waals surface area (Å²) in [6, 6.07) is 8.33. The summed E-state index contributed by atoms with van der Waals surface area (Å²) in [5.74, 6) is 0. The quantitative estimate of drug-likeness (QED) is 0.731. The molecule has 2 heteroatoms. The number of hydrogen-bond acceptors (Lipinski definition) is 2. The number of anilines is 1. The molecule has 0 spiro atoms. The van der Waals surface area contributed by atoms with Crippen LogP contribution in [0.5, 0.6) is 0 Å². The van der Waals surface area contributed by atoms with Crippen molar-refractivity contribution in [2.24, 2.45) is 5.73 Å². The fourth-order valence-electron chi connectivity index (χ4n) is 1.31. The van der Waals surface area contributed by atoms with Crippen molar-refractivity contribution in [1.82, 2.24) is 0 Å². The summed E-state index contributed by atoms with van der Waals surface area (Å²) in [6.07, 6.45) is 0. The van der Waals surface area contributed by atoms with Crippen LogP contribution in [-0.4, -0.2) is 20.1 Å². The number of nitrogens with zero attached hydrogens (tertiary/aromatic N) is 1. The van der Waals surface area contributed by atoms with Crippen LogP contribution in [0.4, 0.5) is 5.69 Å². The van der Waals surface area contributed by atoms with Crippen molar-refractivity contribution in [2.75, 3.05) is 25.0 Å². The Balaban J connectivity index is 2.79. The average molecular weight is 164 g/mol. The van der Waals surface area contributed by atoms with Gasteiger partial charge in [0.1, 0.15) is 0 Å². The van der Waals surface area contributed by atoms with Gasteiger partial charge in [-0.25, -0.2) is 0 Å². The van der Waals surface area contributed by atoms with E-state index in [2.05, 4.69) is 43.1 Å². The summed E-state index contributed by atoms with van der Waals surface area (Å²) in [6.45, 7) is 3.72. The van der Waals surface area contributed by atoms with Gasteiger partial charge < -0.3 is 10.6 Å². The number of rotatable bonds is 3. The number of aryl methyl sites for hydroxylation is 1. The Morgan fingerprint density at radius 1 is 1.33 bits per heavy atom. The minimum atomic E-state index is 0.699. The molecule has 0 aliphatic rings. The van der Waals surface area contributed by atoms with Gasteiger partial charge in [-0.15, -0.1) is 0 Å². The Labute approximate surface area is 74.0 Å². The van der Waals surface area contributed by atoms with Crippen molar-refractivity contribution in [3.05, 3.63) is 29.8 Å². The summed E-state index contributed by atoms with van der Waals surface area (Å²) in [4.78, 5) is 2.18. The Bertz CT molecular complexity index is 245. The van der Waals surface area contributed by atoms with Gasteiger partial charge in [0.25, 0.3) is 0 Å². The number of nitrogens with two attached hydrogens (primary N) is 1. The molecule has 0 atom stereocenters. The van der Waals surface area contributed by atoms with E-state index in [0.29, 0.717) is 6.54 Å². The molecule has 0 bridgehead atoms. The molecule has 0 fully saturated rings. The van der Waals surface area contributed by atoms with E-state index in [1.54, 1.807) is 0 Å². The zero-order valence-corrected chi connectivity index (χ0v) is 7.75. The lowest BCUT2D eigenvalue weighted by Crippen LogP contribution is -2.25. The first-order valence-electron chi connectivity index (χ1n) is 4.22. The Kier molecular flexibility index (Phi) is 3.11. The van der Waals surface area contributed by atoms with Crippen molar-refractivity contribution < 1.29 is 0 Å². The fourth-order valence-corrected chi connectivity index (χ4v) is 1.31. The third-order valence-corrected chi connectivity index (χ3v) is 1.99. The van der Waals surface area contributed by atoms with E-state index in [-0.39, 0.29) is 0 Å². The topological polar surface area (TPSA) is 29.3 Å². The van der Waals surface area contributed by atoms with E-state index >= 15 is 0 Å². The van der Waals surface area contributed by atoms with Crippen LogP contribution in [0.1, 0.15) is 5.56 Å². The maximum Gasteiger partial charge on any atom is 0.0393 e. The van der Waals surface area contributed by atoms with E-state index in [1.807, 2.05) is 0 Å². The van der Waals surface area contributed by atoms with Gasteiger partial charge in [-0.05, 0) is 18.6 Å². The number of hydrogen-bond donors (Lipinski definition) is 1. The monoisotopic (exact) mass is 164 g/mol. The van der Waals surface area contributed by atoms with E-state index in [9.17, 15) is 0 Å². The van der Waals surface area contributed by atoms with Crippen LogP contribution < -0.4 is 10.6 Å². The van der Waals surface area contributed by atoms with Crippen molar-refractivity contribution in [2.45, 2.75) is 6.92 Å². The molecule has 66 valence electrons. The van der Waals surface area contributed by atoms with Gasteiger partial charge in [0.2, 0.25) is 0 Å². The summed E-state index contributed by atoms with van der Waals surface area (Å²) in [7, 11) is 2.06. The Hall–Kier alpha value is -1.02. The zero-order chi connectivity index (χ0) is 8.97. The lowest BCUT2D eigenvalue weighted by atomic mass is 10.2. The van der Waals surface area contributed by atoms with Crippen molar-refractivity contribution >= 4 is 5.69 Å². The summed E-state index contributed by atoms with van der Waals surface area (Å²) >= 11 is 0. The lowest BCUT2D eigenvalue weighted by Gasteiger charge is -2.20. The van der Waals surface area contributed by atoms with Crippen LogP contribution in [0, 0.1) is 6.92 Å². The van der Waals surface area contributed by atoms with Gasteiger partial charge in [-0.3, -0.25) is 0 Å². The first kappa shape index (κ1) is 9.07. The first-order chi connectivity index (χ1) is 5.75. The number of para-hydroxylation sites is 1. The lowest BCUT2D eigenvalue weighted by molar-refractivity contribution is 0.882. The van der Waals surface area contributed by atoms with E-state index in [0.717, 1.165) is 6.54 Å². The molecule has 1 aromatic rings. The van der Waals surface area contributed by atoms with Gasteiger partial charge in [0, 0.05) is 25.8 Å². The minimum Gasteiger partial charge on any atom is -0.373 e. The molecule has 0 aliphatic heterocycles. The van der Waals surface area contributed by atoms with Crippen LogP contribution in [-0.2, 0) is 0 Å². The molecular formula is C10H16N2. The first-order valence-corrected chi connectivity index (χ1v) is 4.22. The van der Waals surface area contributed by atoms with Crippen molar-refractivity contribution in [1.29, 1.82) is 0 Å². The van der Waals surface area contributed by atoms with Gasteiger partial charge in [-0.2, -0.15) is 0 Å². The third kappa shape index (κ3) is 1.98. The Morgan fingerprint density at radius 3 is 2.58 bits per heavy atom. The van der Waals surface area contributed by atoms with Crippen LogP contribution in [0.2, 0.25) is 0 Å². The summed E-state index contributed by atoms with van der Waals surface area (Å²) in [5, 5.41) is 0. The molecule has 1 aromatic carbocycles. The molecule has 0 saturated heterocycles. The highest BCUT2D eigenvalue weighted by Crippen LogP contribution is 2.16. The molecular weight excluding hydrogens is 148 g/mol. The molecule has 0 radical (unpaired) electrons. The molecule has 2 N–H and O–H groups in total. The van der Waals surface area contributed by atoms with Gasteiger partial charge in [-0.1, -0.05) is 18.2 Å². The number of likely N-dealkylation sites (N-methyl/N-ethyl adjacent to an activating group) is 1. The van der Waals surface area contributed by atoms with Gasteiger partial charge in [0.05, 0.1) is 0 Å². The predicted molar refractivity (Wildman–Crippen MR) is 53.5 cm³/mol. The molecule has 0 aromatic heterocycles. The highest BCUT2D eigenvalue weighted by atomic mass is 15.1. The minimum absolute atomic E-state index is 0.699. The van der Waals surface area contributed by atoms with Gasteiger partial charge >= 0.3 is 0 Å². The van der Waals surface area contributed by atoms with Crippen LogP contribution >= 0.6 is 0 Å². The highest BCUT2D eigenvalue weighted by molar-refractivity contribution is 5.52. The zero-order valence-electron chi connectivity index (χ0n) is 7.75. The van der Waals surface area contributed by atoms with E-state index in [1.165, 1.54) is 11.3 Å². The molecule has 0 aliphatic carbocycles. The Morgan fingerprint density at radius 2 is 2.00 bits per heavy atom. The highest BCUT2D eigenvalue weighted by Gasteiger charge is 2.00. The molecule has 2 nitrogen and oxygen atoms in total. The third-order valence-electron chi connectivity index (χ3n) is 1.99. The normalized spacial score (nSPS) is 9.92. The summed E-state index contributed by atoms with van der Waals surface area (Å²) < 4.78 is 0. The summed E-state index contributed by atoms with van der Waals surface area (Å²) in [5.41, 5.74) is 8.04. The predicted octanol–water partition coefficient (Wildman–Crippen LogP) is 1.39. The molecule has 0 saturated carbocycles. The van der Waals surface area contributed by atoms with Crippen LogP contribution in [0.3, 0.4) is 0 Å². The fraction of sp³-hybridized carbons (Fsp3) is 0.400. The molecule has 0 amide bonds. The van der Waals surface area contributed by atoms with Gasteiger partial charge in [0.15, 0.2) is 0 Å². The number of benzene rings is 1. The molecule has 0 heterocycles. The van der Waals surface area contributed by atoms with Crippen LogP contribution in [0.15, 0.2) is 24.3 Å². The second kappa shape index (κ2) is 4.12. The maximum atomic E-state index is 5.48. The van der Waals surface area contributed by atoms with Crippen molar-refractivity contribution in [3.63, 3.8) is 0 Å². The molecule has 0 unspecified atom stereocenters. The maximum absolute atomic E-state index is 5.48. The molecule has 1 rings (SSSR count). The smallest absolute Gasteiger partial charge is 0.0393 e. The van der Waals surface area contributed by atoms with E-state index < -0.39 is 0 Å². The molecule has 12 heavy (non-hydrogen) atoms. The largest absolute Gasteiger partial charge is 0.373 e. The van der Waals surface area contributed by atoms with Crippen molar-refractivity contribution in [3.8, 4) is 0 Å².